The molecule has 0 saturated heterocycles. The number of ether oxygens (including phenoxy) is 3. The maximum absolute atomic E-state index is 6.70. The van der Waals surface area contributed by atoms with Crippen molar-refractivity contribution >= 4 is 17.3 Å². The summed E-state index contributed by atoms with van der Waals surface area (Å²) in [6, 6.07) is 25.8. The van der Waals surface area contributed by atoms with Crippen LogP contribution in [0.3, 0.4) is 0 Å². The number of aryl methyl sites for hydroxylation is 3. The van der Waals surface area contributed by atoms with Crippen LogP contribution in [-0.2, 0) is 33.5 Å². The lowest BCUT2D eigenvalue weighted by molar-refractivity contribution is 0.0799. The monoisotopic (exact) mass is 518 g/mol. The van der Waals surface area contributed by atoms with Crippen LogP contribution in [0.1, 0.15) is 71.9 Å². The molecule has 3 nitrogen and oxygen atoms in total. The SMILES string of the molecule is C1=C(OCCCCC(COC2=CCCc3ccccc32)OC2=CCCc3ccccc32)c2ccccc2CC1. The van der Waals surface area contributed by atoms with E-state index in [-0.39, 0.29) is 6.10 Å². The van der Waals surface area contributed by atoms with E-state index in [0.717, 1.165) is 81.7 Å². The molecule has 3 aromatic rings. The third-order valence-corrected chi connectivity index (χ3v) is 7.98. The van der Waals surface area contributed by atoms with Crippen LogP contribution in [0.5, 0.6) is 0 Å². The van der Waals surface area contributed by atoms with E-state index in [4.69, 9.17) is 14.2 Å². The Morgan fingerprint density at radius 3 is 1.62 bits per heavy atom. The predicted octanol–water partition coefficient (Wildman–Crippen LogP) is 8.54. The first-order chi connectivity index (χ1) is 19.3. The number of allylic oxidation sites excluding steroid dienone is 3. The third kappa shape index (κ3) is 6.14. The highest BCUT2D eigenvalue weighted by molar-refractivity contribution is 5.66. The molecular weight excluding hydrogens is 480 g/mol. The van der Waals surface area contributed by atoms with Gasteiger partial charge in [-0.05, 0) is 92.7 Å². The van der Waals surface area contributed by atoms with Crippen molar-refractivity contribution in [3.63, 3.8) is 0 Å². The van der Waals surface area contributed by atoms with Crippen LogP contribution in [0.15, 0.2) is 91.0 Å². The highest BCUT2D eigenvalue weighted by Gasteiger charge is 2.21. The molecule has 0 saturated carbocycles. The number of unbranched alkanes of at least 4 members (excludes halogenated alkanes) is 1. The van der Waals surface area contributed by atoms with Gasteiger partial charge in [0.15, 0.2) is 0 Å². The molecule has 0 fully saturated rings. The maximum Gasteiger partial charge on any atom is 0.133 e. The fourth-order valence-electron chi connectivity index (χ4n) is 5.92. The Morgan fingerprint density at radius 1 is 0.538 bits per heavy atom. The summed E-state index contributed by atoms with van der Waals surface area (Å²) in [7, 11) is 0. The standard InChI is InChI=1S/C36H38O3/c1-4-19-31-27(12-1)15-9-22-34(31)37-25-8-7-18-30(39-36-24-11-17-29-14-3-6-21-33(29)36)26-38-35-23-10-16-28-13-2-5-20-32(28)35/h1-6,12-14,19-24,30H,7-11,15-18,25-26H2. The first kappa shape index (κ1) is 25.6. The van der Waals surface area contributed by atoms with Gasteiger partial charge in [-0.1, -0.05) is 72.8 Å². The average molecular weight is 519 g/mol. The number of hydrogen-bond acceptors (Lipinski definition) is 3. The summed E-state index contributed by atoms with van der Waals surface area (Å²) in [6.45, 7) is 1.26. The normalized spacial score (nSPS) is 16.5. The molecule has 3 aromatic carbocycles. The van der Waals surface area contributed by atoms with Crippen LogP contribution in [0.4, 0.5) is 0 Å². The zero-order chi connectivity index (χ0) is 26.3. The number of rotatable bonds is 11. The van der Waals surface area contributed by atoms with E-state index in [1.54, 1.807) is 0 Å². The summed E-state index contributed by atoms with van der Waals surface area (Å²) in [5.74, 6) is 3.04. The average Bonchev–Trinajstić information content (AvgIpc) is 2.99. The molecule has 0 amide bonds. The Balaban J connectivity index is 1.08. The second-order valence-electron chi connectivity index (χ2n) is 10.7. The molecule has 3 heteroatoms. The first-order valence-electron chi connectivity index (χ1n) is 14.6. The van der Waals surface area contributed by atoms with Crippen molar-refractivity contribution in [3.8, 4) is 0 Å². The van der Waals surface area contributed by atoms with Gasteiger partial charge in [0.2, 0.25) is 0 Å². The van der Waals surface area contributed by atoms with Gasteiger partial charge >= 0.3 is 0 Å². The van der Waals surface area contributed by atoms with Gasteiger partial charge in [0.05, 0.1) is 6.61 Å². The smallest absolute Gasteiger partial charge is 0.133 e. The summed E-state index contributed by atoms with van der Waals surface area (Å²) >= 11 is 0. The number of benzene rings is 3. The van der Waals surface area contributed by atoms with Crippen molar-refractivity contribution in [3.05, 3.63) is 124 Å². The lowest BCUT2D eigenvalue weighted by Crippen LogP contribution is -2.21. The molecule has 0 bridgehead atoms. The van der Waals surface area contributed by atoms with Crippen molar-refractivity contribution in [1.29, 1.82) is 0 Å². The molecule has 1 unspecified atom stereocenters. The molecule has 1 atom stereocenters. The highest BCUT2D eigenvalue weighted by atomic mass is 16.5. The Bertz CT molecular complexity index is 1380. The van der Waals surface area contributed by atoms with Gasteiger partial charge in [-0.15, -0.1) is 0 Å². The Labute approximate surface area is 232 Å². The van der Waals surface area contributed by atoms with Gasteiger partial charge in [-0.3, -0.25) is 0 Å². The fraction of sp³-hybridized carbons (Fsp3) is 0.333. The van der Waals surface area contributed by atoms with Crippen LogP contribution in [-0.4, -0.2) is 19.3 Å². The molecule has 39 heavy (non-hydrogen) atoms. The van der Waals surface area contributed by atoms with Crippen molar-refractivity contribution in [1.82, 2.24) is 0 Å². The quantitative estimate of drug-likeness (QED) is 0.238. The van der Waals surface area contributed by atoms with Gasteiger partial charge in [-0.25, -0.2) is 0 Å². The largest absolute Gasteiger partial charge is 0.493 e. The minimum atomic E-state index is -0.0213. The molecule has 0 radical (unpaired) electrons. The highest BCUT2D eigenvalue weighted by Crippen LogP contribution is 2.32. The molecule has 3 aliphatic rings. The summed E-state index contributed by atoms with van der Waals surface area (Å²) in [4.78, 5) is 0. The predicted molar refractivity (Wildman–Crippen MR) is 159 cm³/mol. The minimum Gasteiger partial charge on any atom is -0.493 e. The zero-order valence-electron chi connectivity index (χ0n) is 22.7. The Kier molecular flexibility index (Phi) is 8.14. The van der Waals surface area contributed by atoms with E-state index in [9.17, 15) is 0 Å². The molecule has 0 aliphatic heterocycles. The van der Waals surface area contributed by atoms with Gasteiger partial charge < -0.3 is 14.2 Å². The van der Waals surface area contributed by atoms with Crippen LogP contribution >= 0.6 is 0 Å². The van der Waals surface area contributed by atoms with E-state index in [1.165, 1.54) is 33.4 Å². The third-order valence-electron chi connectivity index (χ3n) is 7.98. The Hall–Kier alpha value is -3.72. The van der Waals surface area contributed by atoms with E-state index in [2.05, 4.69) is 91.0 Å². The summed E-state index contributed by atoms with van der Waals surface area (Å²) < 4.78 is 19.4. The molecule has 6 rings (SSSR count). The molecule has 0 heterocycles. The zero-order valence-corrected chi connectivity index (χ0v) is 22.7. The summed E-state index contributed by atoms with van der Waals surface area (Å²) in [5.41, 5.74) is 7.82. The van der Waals surface area contributed by atoms with Gasteiger partial charge in [-0.2, -0.15) is 0 Å². The van der Waals surface area contributed by atoms with Gasteiger partial charge in [0.1, 0.15) is 30.0 Å². The number of hydrogen-bond donors (Lipinski definition) is 0. The van der Waals surface area contributed by atoms with Crippen molar-refractivity contribution in [2.45, 2.75) is 63.9 Å². The topological polar surface area (TPSA) is 27.7 Å². The second kappa shape index (κ2) is 12.4. The lowest BCUT2D eigenvalue weighted by atomic mass is 9.95. The Morgan fingerprint density at radius 2 is 1.03 bits per heavy atom. The van der Waals surface area contributed by atoms with E-state index in [1.807, 2.05) is 0 Å². The van der Waals surface area contributed by atoms with Crippen molar-refractivity contribution < 1.29 is 14.2 Å². The van der Waals surface area contributed by atoms with Gasteiger partial charge in [0, 0.05) is 16.7 Å². The van der Waals surface area contributed by atoms with Crippen LogP contribution in [0.2, 0.25) is 0 Å². The van der Waals surface area contributed by atoms with Crippen LogP contribution < -0.4 is 0 Å². The summed E-state index contributed by atoms with van der Waals surface area (Å²) in [5, 5.41) is 0. The molecular formula is C36H38O3. The molecule has 0 spiro atoms. The first-order valence-corrected chi connectivity index (χ1v) is 14.6. The van der Waals surface area contributed by atoms with E-state index < -0.39 is 0 Å². The molecule has 0 N–H and O–H groups in total. The molecule has 200 valence electrons. The molecule has 0 aromatic heterocycles. The van der Waals surface area contributed by atoms with Crippen molar-refractivity contribution in [2.75, 3.05) is 13.2 Å². The maximum atomic E-state index is 6.70. The fourth-order valence-corrected chi connectivity index (χ4v) is 5.92. The number of fused-ring (bicyclic) bond motifs is 3. The van der Waals surface area contributed by atoms with Gasteiger partial charge in [0.25, 0.3) is 0 Å². The van der Waals surface area contributed by atoms with E-state index in [0.29, 0.717) is 6.61 Å². The second-order valence-corrected chi connectivity index (χ2v) is 10.7. The van der Waals surface area contributed by atoms with Crippen molar-refractivity contribution in [2.24, 2.45) is 0 Å². The lowest BCUT2D eigenvalue weighted by Gasteiger charge is -2.26. The minimum absolute atomic E-state index is 0.0213. The van der Waals surface area contributed by atoms with Crippen LogP contribution in [0, 0.1) is 0 Å². The summed E-state index contributed by atoms with van der Waals surface area (Å²) in [6.07, 6.45) is 16.0. The van der Waals surface area contributed by atoms with Crippen LogP contribution in [0.25, 0.3) is 17.3 Å². The molecule has 3 aliphatic carbocycles. The van der Waals surface area contributed by atoms with E-state index >= 15 is 0 Å².